The van der Waals surface area contributed by atoms with Crippen LogP contribution >= 0.6 is 0 Å². The number of hydrogen-bond donors (Lipinski definition) is 1. The van der Waals surface area contributed by atoms with Gasteiger partial charge in [-0.25, -0.2) is 0 Å². The van der Waals surface area contributed by atoms with Gasteiger partial charge in [-0.2, -0.15) is 0 Å². The van der Waals surface area contributed by atoms with Crippen molar-refractivity contribution in [2.75, 3.05) is 13.2 Å². The minimum Gasteiger partial charge on any atom is -0.488 e. The van der Waals surface area contributed by atoms with Gasteiger partial charge in [0.25, 0.3) is 0 Å². The van der Waals surface area contributed by atoms with Crippen LogP contribution in [-0.4, -0.2) is 30.4 Å². The highest BCUT2D eigenvalue weighted by molar-refractivity contribution is 5.75. The van der Waals surface area contributed by atoms with Crippen molar-refractivity contribution in [3.63, 3.8) is 0 Å². The number of ether oxygens (including phenoxy) is 2. The van der Waals surface area contributed by atoms with E-state index in [2.05, 4.69) is 0 Å². The molecule has 4 heteroatoms. The summed E-state index contributed by atoms with van der Waals surface area (Å²) in [5, 5.41) is 8.99. The molecule has 1 N–H and O–H groups in total. The van der Waals surface area contributed by atoms with Gasteiger partial charge in [0, 0.05) is 6.61 Å². The van der Waals surface area contributed by atoms with Crippen LogP contribution in [0.3, 0.4) is 0 Å². The molecule has 1 aromatic rings. The first-order chi connectivity index (χ1) is 8.66. The van der Waals surface area contributed by atoms with Crippen molar-refractivity contribution in [3.8, 4) is 5.75 Å². The molecule has 2 unspecified atom stereocenters. The molecule has 1 saturated heterocycles. The Morgan fingerprint density at radius 1 is 1.56 bits per heavy atom. The topological polar surface area (TPSA) is 55.8 Å². The van der Waals surface area contributed by atoms with Gasteiger partial charge >= 0.3 is 5.97 Å². The molecule has 0 saturated carbocycles. The van der Waals surface area contributed by atoms with Crippen LogP contribution in [0.2, 0.25) is 0 Å². The normalized spacial score (nSPS) is 21.3. The van der Waals surface area contributed by atoms with E-state index in [0.717, 1.165) is 30.8 Å². The number of benzene rings is 1. The van der Waals surface area contributed by atoms with E-state index in [0.29, 0.717) is 6.61 Å². The molecule has 1 heterocycles. The Morgan fingerprint density at radius 2 is 2.39 bits per heavy atom. The first-order valence-electron chi connectivity index (χ1n) is 6.24. The lowest BCUT2D eigenvalue weighted by molar-refractivity contribution is -0.138. The molecule has 1 aromatic carbocycles. The minimum atomic E-state index is -0.826. The van der Waals surface area contributed by atoms with Gasteiger partial charge in [-0.05, 0) is 37.5 Å². The average Bonchev–Trinajstić information content (AvgIpc) is 2.39. The summed E-state index contributed by atoms with van der Waals surface area (Å²) in [7, 11) is 0. The van der Waals surface area contributed by atoms with Gasteiger partial charge in [0.2, 0.25) is 0 Å². The quantitative estimate of drug-likeness (QED) is 0.891. The third-order valence-corrected chi connectivity index (χ3v) is 3.15. The predicted octanol–water partition coefficient (Wildman–Crippen LogP) is 2.43. The summed E-state index contributed by atoms with van der Waals surface area (Å²) in [6, 6.07) is 7.29. The lowest BCUT2D eigenvalue weighted by Gasteiger charge is -2.23. The molecule has 0 bridgehead atoms. The molecule has 1 aliphatic heterocycles. The molecule has 98 valence electrons. The number of aliphatic carboxylic acids is 1. The van der Waals surface area contributed by atoms with Gasteiger partial charge in [0.1, 0.15) is 11.9 Å². The molecule has 0 spiro atoms. The summed E-state index contributed by atoms with van der Waals surface area (Å²) in [4.78, 5) is 10.9. The predicted molar refractivity (Wildman–Crippen MR) is 67.0 cm³/mol. The molecule has 0 aromatic heterocycles. The van der Waals surface area contributed by atoms with Crippen LogP contribution in [0.1, 0.15) is 31.2 Å². The van der Waals surface area contributed by atoms with E-state index in [9.17, 15) is 4.79 Å². The fourth-order valence-electron chi connectivity index (χ4n) is 2.00. The highest BCUT2D eigenvalue weighted by Gasteiger charge is 2.17. The largest absolute Gasteiger partial charge is 0.488 e. The average molecular weight is 250 g/mol. The zero-order valence-electron chi connectivity index (χ0n) is 10.5. The minimum absolute atomic E-state index is 0.0779. The summed E-state index contributed by atoms with van der Waals surface area (Å²) in [6.07, 6.45) is 2.07. The van der Waals surface area contributed by atoms with E-state index in [4.69, 9.17) is 14.6 Å². The highest BCUT2D eigenvalue weighted by Crippen LogP contribution is 2.23. The Hall–Kier alpha value is -1.55. The summed E-state index contributed by atoms with van der Waals surface area (Å²) >= 11 is 0. The van der Waals surface area contributed by atoms with Crippen LogP contribution in [0.25, 0.3) is 0 Å². The maximum absolute atomic E-state index is 10.9. The second kappa shape index (κ2) is 5.87. The van der Waals surface area contributed by atoms with Crippen molar-refractivity contribution >= 4 is 5.97 Å². The molecule has 2 rings (SSSR count). The number of hydrogen-bond acceptors (Lipinski definition) is 3. The molecule has 0 amide bonds. The smallest absolute Gasteiger partial charge is 0.310 e. The van der Waals surface area contributed by atoms with Gasteiger partial charge in [-0.3, -0.25) is 4.79 Å². The third-order valence-electron chi connectivity index (χ3n) is 3.15. The zero-order valence-corrected chi connectivity index (χ0v) is 10.5. The zero-order chi connectivity index (χ0) is 13.0. The van der Waals surface area contributed by atoms with Gasteiger partial charge in [-0.15, -0.1) is 0 Å². The SMILES string of the molecule is CC(C(=O)O)c1cccc(OC2CCCOC2)c1. The Labute approximate surface area is 107 Å². The summed E-state index contributed by atoms with van der Waals surface area (Å²) in [5.41, 5.74) is 0.761. The number of carbonyl (C=O) groups is 1. The molecule has 0 radical (unpaired) electrons. The van der Waals surface area contributed by atoms with Crippen LogP contribution in [0.15, 0.2) is 24.3 Å². The van der Waals surface area contributed by atoms with E-state index in [1.807, 2.05) is 18.2 Å². The first kappa shape index (κ1) is 12.9. The fraction of sp³-hybridized carbons (Fsp3) is 0.500. The fourth-order valence-corrected chi connectivity index (χ4v) is 2.00. The molecule has 4 nitrogen and oxygen atoms in total. The van der Waals surface area contributed by atoms with Gasteiger partial charge in [0.05, 0.1) is 12.5 Å². The maximum Gasteiger partial charge on any atom is 0.310 e. The Bertz CT molecular complexity index is 410. The number of rotatable bonds is 4. The van der Waals surface area contributed by atoms with E-state index < -0.39 is 11.9 Å². The van der Waals surface area contributed by atoms with E-state index in [1.165, 1.54) is 0 Å². The number of carboxylic acid groups (broad SMARTS) is 1. The van der Waals surface area contributed by atoms with E-state index in [-0.39, 0.29) is 6.10 Å². The van der Waals surface area contributed by atoms with E-state index in [1.54, 1.807) is 13.0 Å². The van der Waals surface area contributed by atoms with Crippen molar-refractivity contribution < 1.29 is 19.4 Å². The lowest BCUT2D eigenvalue weighted by Crippen LogP contribution is -2.28. The Balaban J connectivity index is 2.04. The maximum atomic E-state index is 10.9. The summed E-state index contributed by atoms with van der Waals surface area (Å²) in [5.74, 6) is -0.625. The third kappa shape index (κ3) is 3.23. The van der Waals surface area contributed by atoms with Crippen molar-refractivity contribution in [3.05, 3.63) is 29.8 Å². The standard InChI is InChI=1S/C14H18O4/c1-10(14(15)16)11-4-2-5-12(8-11)18-13-6-3-7-17-9-13/h2,4-5,8,10,13H,3,6-7,9H2,1H3,(H,15,16). The van der Waals surface area contributed by atoms with Crippen molar-refractivity contribution in [2.45, 2.75) is 31.8 Å². The first-order valence-corrected chi connectivity index (χ1v) is 6.24. The van der Waals surface area contributed by atoms with Gasteiger partial charge < -0.3 is 14.6 Å². The van der Waals surface area contributed by atoms with Gasteiger partial charge in [0.15, 0.2) is 0 Å². The van der Waals surface area contributed by atoms with Crippen molar-refractivity contribution in [1.29, 1.82) is 0 Å². The van der Waals surface area contributed by atoms with E-state index >= 15 is 0 Å². The van der Waals surface area contributed by atoms with Crippen LogP contribution in [0.5, 0.6) is 5.75 Å². The lowest BCUT2D eigenvalue weighted by atomic mass is 10.0. The van der Waals surface area contributed by atoms with Crippen LogP contribution in [0, 0.1) is 0 Å². The Kier molecular flexibility index (Phi) is 4.20. The number of carboxylic acids is 1. The molecular formula is C14H18O4. The summed E-state index contributed by atoms with van der Waals surface area (Å²) < 4.78 is 11.2. The molecular weight excluding hydrogens is 232 g/mol. The van der Waals surface area contributed by atoms with Gasteiger partial charge in [-0.1, -0.05) is 12.1 Å². The molecule has 2 atom stereocenters. The molecule has 1 aliphatic rings. The van der Waals surface area contributed by atoms with Crippen LogP contribution in [-0.2, 0) is 9.53 Å². The van der Waals surface area contributed by atoms with Crippen LogP contribution < -0.4 is 4.74 Å². The van der Waals surface area contributed by atoms with Crippen LogP contribution in [0.4, 0.5) is 0 Å². The monoisotopic (exact) mass is 250 g/mol. The highest BCUT2D eigenvalue weighted by atomic mass is 16.5. The van der Waals surface area contributed by atoms with Crippen molar-refractivity contribution in [1.82, 2.24) is 0 Å². The second-order valence-electron chi connectivity index (χ2n) is 4.59. The molecule has 1 fully saturated rings. The second-order valence-corrected chi connectivity index (χ2v) is 4.59. The van der Waals surface area contributed by atoms with Crippen molar-refractivity contribution in [2.24, 2.45) is 0 Å². The molecule has 0 aliphatic carbocycles. The molecule has 18 heavy (non-hydrogen) atoms. The Morgan fingerprint density at radius 3 is 3.06 bits per heavy atom. The summed E-state index contributed by atoms with van der Waals surface area (Å²) in [6.45, 7) is 3.08.